The third-order valence-corrected chi connectivity index (χ3v) is 3.28. The maximum Gasteiger partial charge on any atom is 0.134 e. The summed E-state index contributed by atoms with van der Waals surface area (Å²) in [7, 11) is 1.76. The van der Waals surface area contributed by atoms with Crippen molar-refractivity contribution in [1.82, 2.24) is 5.32 Å². The number of ether oxygens (including phenoxy) is 2. The van der Waals surface area contributed by atoms with E-state index in [0.717, 1.165) is 19.8 Å². The van der Waals surface area contributed by atoms with Crippen molar-refractivity contribution in [3.05, 3.63) is 0 Å². The molecule has 0 aliphatic rings. The number of hydrogen-bond acceptors (Lipinski definition) is 3. The third-order valence-electron chi connectivity index (χ3n) is 1.57. The van der Waals surface area contributed by atoms with Gasteiger partial charge in [0.05, 0.1) is 9.52 Å². The highest BCUT2D eigenvalue weighted by Crippen LogP contribution is 1.95. The molecule has 0 unspecified atom stereocenters. The molecule has 0 amide bonds. The van der Waals surface area contributed by atoms with E-state index < -0.39 is 0 Å². The summed E-state index contributed by atoms with van der Waals surface area (Å²) in [6, 6.07) is 1.24. The van der Waals surface area contributed by atoms with Crippen LogP contribution in [0.1, 0.15) is 13.8 Å². The van der Waals surface area contributed by atoms with E-state index in [1.165, 1.54) is 6.04 Å². The molecule has 0 aromatic rings. The summed E-state index contributed by atoms with van der Waals surface area (Å²) in [4.78, 5) is 0. The molecular formula is C8H21NO2Si. The van der Waals surface area contributed by atoms with E-state index >= 15 is 0 Å². The Morgan fingerprint density at radius 3 is 2.25 bits per heavy atom. The van der Waals surface area contributed by atoms with Crippen LogP contribution in [0.4, 0.5) is 0 Å². The van der Waals surface area contributed by atoms with Crippen LogP contribution < -0.4 is 5.32 Å². The minimum atomic E-state index is -0.215. The van der Waals surface area contributed by atoms with E-state index in [4.69, 9.17) is 9.47 Å². The topological polar surface area (TPSA) is 30.5 Å². The second-order valence-corrected chi connectivity index (χ2v) is 4.54. The summed E-state index contributed by atoms with van der Waals surface area (Å²) in [6.45, 7) is 6.63. The average molecular weight is 191 g/mol. The molecule has 0 aliphatic heterocycles. The van der Waals surface area contributed by atoms with Gasteiger partial charge in [-0.25, -0.2) is 0 Å². The fraction of sp³-hybridized carbons (Fsp3) is 1.00. The van der Waals surface area contributed by atoms with Gasteiger partial charge in [0.2, 0.25) is 0 Å². The predicted octanol–water partition coefficient (Wildman–Crippen LogP) is 0.149. The molecule has 0 rings (SSSR count). The number of hydrogen-bond donors (Lipinski definition) is 1. The smallest absolute Gasteiger partial charge is 0.134 e. The Bertz CT molecular complexity index is 87.1. The van der Waals surface area contributed by atoms with Crippen LogP contribution in [0, 0.1) is 0 Å². The summed E-state index contributed by atoms with van der Waals surface area (Å²) >= 11 is 0. The highest BCUT2D eigenvalue weighted by molar-refractivity contribution is 6.36. The predicted molar refractivity (Wildman–Crippen MR) is 54.3 cm³/mol. The molecule has 0 radical (unpaired) electrons. The largest absolute Gasteiger partial charge is 0.357 e. The standard InChI is InChI=1S/C8H21NO2Si/c1-4-10-8(11-5-2)12-7-6-9-3/h8-9H,4-7,12H2,1-3H3. The molecule has 1 N–H and O–H groups in total. The van der Waals surface area contributed by atoms with Gasteiger partial charge in [-0.1, -0.05) is 0 Å². The van der Waals surface area contributed by atoms with E-state index in [-0.39, 0.29) is 15.4 Å². The zero-order valence-corrected chi connectivity index (χ0v) is 9.84. The van der Waals surface area contributed by atoms with Crippen LogP contribution in [0.2, 0.25) is 6.04 Å². The zero-order valence-electron chi connectivity index (χ0n) is 8.43. The van der Waals surface area contributed by atoms with Crippen molar-refractivity contribution in [3.8, 4) is 0 Å². The van der Waals surface area contributed by atoms with Crippen molar-refractivity contribution < 1.29 is 9.47 Å². The van der Waals surface area contributed by atoms with Crippen LogP contribution in [-0.4, -0.2) is 42.2 Å². The number of rotatable bonds is 8. The second kappa shape index (κ2) is 9.19. The maximum atomic E-state index is 5.44. The Hall–Kier alpha value is 0.0969. The van der Waals surface area contributed by atoms with Crippen LogP contribution >= 0.6 is 0 Å². The van der Waals surface area contributed by atoms with Crippen LogP contribution in [0.5, 0.6) is 0 Å². The molecule has 0 saturated carbocycles. The van der Waals surface area contributed by atoms with E-state index in [9.17, 15) is 0 Å². The molecule has 0 aromatic carbocycles. The summed E-state index contributed by atoms with van der Waals surface area (Å²) in [6.07, 6.45) is 0. The summed E-state index contributed by atoms with van der Waals surface area (Å²) in [5.41, 5.74) is 0. The molecule has 0 aliphatic carbocycles. The van der Waals surface area contributed by atoms with Crippen LogP contribution in [0.3, 0.4) is 0 Å². The SMILES string of the molecule is CCOC(OCC)[SiH2]CCNC. The zero-order chi connectivity index (χ0) is 9.23. The van der Waals surface area contributed by atoms with Gasteiger partial charge in [-0.2, -0.15) is 0 Å². The van der Waals surface area contributed by atoms with Gasteiger partial charge < -0.3 is 14.8 Å². The van der Waals surface area contributed by atoms with Crippen molar-refractivity contribution in [2.24, 2.45) is 0 Å². The average Bonchev–Trinajstić information content (AvgIpc) is 2.06. The van der Waals surface area contributed by atoms with E-state index in [2.05, 4.69) is 5.32 Å². The molecule has 0 atom stereocenters. The quantitative estimate of drug-likeness (QED) is 0.336. The first-order valence-corrected chi connectivity index (χ1v) is 6.54. The van der Waals surface area contributed by atoms with Gasteiger partial charge in [0, 0.05) is 13.2 Å². The molecule has 0 spiro atoms. The first kappa shape index (κ1) is 12.1. The summed E-state index contributed by atoms with van der Waals surface area (Å²) in [5.74, 6) is 0.133. The van der Waals surface area contributed by atoms with Gasteiger partial charge in [-0.05, 0) is 33.5 Å². The molecular weight excluding hydrogens is 170 g/mol. The van der Waals surface area contributed by atoms with Crippen molar-refractivity contribution in [2.45, 2.75) is 25.8 Å². The molecule has 0 saturated heterocycles. The third kappa shape index (κ3) is 6.79. The van der Waals surface area contributed by atoms with Gasteiger partial charge in [0.15, 0.2) is 0 Å². The summed E-state index contributed by atoms with van der Waals surface area (Å²) < 4.78 is 10.9. The van der Waals surface area contributed by atoms with Crippen LogP contribution in [0.25, 0.3) is 0 Å². The lowest BCUT2D eigenvalue weighted by Gasteiger charge is -2.15. The van der Waals surface area contributed by atoms with E-state index in [1.807, 2.05) is 20.9 Å². The first-order valence-electron chi connectivity index (χ1n) is 4.72. The van der Waals surface area contributed by atoms with Gasteiger partial charge in [0.1, 0.15) is 5.91 Å². The Balaban J connectivity index is 3.34. The monoisotopic (exact) mass is 191 g/mol. The normalized spacial score (nSPS) is 12.0. The van der Waals surface area contributed by atoms with Gasteiger partial charge in [-0.3, -0.25) is 0 Å². The maximum absolute atomic E-state index is 5.44. The first-order chi connectivity index (χ1) is 5.85. The molecule has 0 heterocycles. The molecule has 0 aromatic heterocycles. The second-order valence-electron chi connectivity index (χ2n) is 2.59. The van der Waals surface area contributed by atoms with Gasteiger partial charge in [0.25, 0.3) is 0 Å². The Morgan fingerprint density at radius 2 is 1.83 bits per heavy atom. The Labute approximate surface area is 77.6 Å². The van der Waals surface area contributed by atoms with Gasteiger partial charge in [-0.15, -0.1) is 0 Å². The Morgan fingerprint density at radius 1 is 1.25 bits per heavy atom. The highest BCUT2D eigenvalue weighted by atomic mass is 28.2. The minimum Gasteiger partial charge on any atom is -0.357 e. The van der Waals surface area contributed by atoms with Gasteiger partial charge >= 0.3 is 0 Å². The number of nitrogens with one attached hydrogen (secondary N) is 1. The fourth-order valence-electron chi connectivity index (χ4n) is 1.03. The summed E-state index contributed by atoms with van der Waals surface area (Å²) in [5, 5.41) is 3.13. The lowest BCUT2D eigenvalue weighted by Crippen LogP contribution is -2.26. The molecule has 4 heteroatoms. The van der Waals surface area contributed by atoms with Crippen LogP contribution in [-0.2, 0) is 9.47 Å². The minimum absolute atomic E-state index is 0.133. The fourth-order valence-corrected chi connectivity index (χ4v) is 2.73. The molecule has 3 nitrogen and oxygen atoms in total. The molecule has 0 bridgehead atoms. The molecule has 74 valence electrons. The lowest BCUT2D eigenvalue weighted by atomic mass is 10.8. The highest BCUT2D eigenvalue weighted by Gasteiger charge is 2.06. The van der Waals surface area contributed by atoms with Crippen molar-refractivity contribution in [2.75, 3.05) is 26.8 Å². The van der Waals surface area contributed by atoms with E-state index in [0.29, 0.717) is 0 Å². The Kier molecular flexibility index (Phi) is 9.26. The van der Waals surface area contributed by atoms with E-state index in [1.54, 1.807) is 0 Å². The lowest BCUT2D eigenvalue weighted by molar-refractivity contribution is -0.0827. The molecule has 0 fully saturated rings. The van der Waals surface area contributed by atoms with Crippen molar-refractivity contribution >= 4 is 9.52 Å². The van der Waals surface area contributed by atoms with Crippen molar-refractivity contribution in [1.29, 1.82) is 0 Å². The van der Waals surface area contributed by atoms with Crippen molar-refractivity contribution in [3.63, 3.8) is 0 Å². The molecule has 12 heavy (non-hydrogen) atoms. The van der Waals surface area contributed by atoms with Crippen LogP contribution in [0.15, 0.2) is 0 Å².